The fraction of sp³-hybridized carbons (Fsp3) is 0.862. The monoisotopic (exact) mass is 564 g/mol. The minimum atomic E-state index is -3.53. The van der Waals surface area contributed by atoms with E-state index in [0.29, 0.717) is 6.71 Å². The normalized spacial score (nSPS) is 21.5. The molecule has 190 valence electrons. The summed E-state index contributed by atoms with van der Waals surface area (Å²) < 4.78 is 10.1. The average molecular weight is 563 g/mol. The quantitative estimate of drug-likeness (QED) is 0.318. The molecule has 1 spiro atoms. The topological polar surface area (TPSA) is 6.48 Å². The summed E-state index contributed by atoms with van der Waals surface area (Å²) in [7, 11) is 0. The second-order valence-electron chi connectivity index (χ2n) is 14.7. The van der Waals surface area contributed by atoms with Crippen LogP contribution in [-0.4, -0.2) is 56.0 Å². The summed E-state index contributed by atoms with van der Waals surface area (Å²) in [5, 5.41) is 0. The second kappa shape index (κ2) is 9.62. The third-order valence-corrected chi connectivity index (χ3v) is 27.5. The SMILES string of the molecule is CCB(CC)C1=[C](C(C)(C)C)[Sn]2([C](C(C)(C)C)=C1CC)[N](C(C)(C)C)CCC[N]2C(C)(C)C. The van der Waals surface area contributed by atoms with E-state index in [4.69, 9.17) is 0 Å². The number of nitrogens with zero attached hydrogens (tertiary/aromatic N) is 2. The van der Waals surface area contributed by atoms with Crippen LogP contribution in [0.4, 0.5) is 0 Å². The molecule has 0 aromatic rings. The first kappa shape index (κ1) is 29.5. The van der Waals surface area contributed by atoms with E-state index >= 15 is 0 Å². The molecular weight excluding hydrogens is 506 g/mol. The Morgan fingerprint density at radius 2 is 1.06 bits per heavy atom. The van der Waals surface area contributed by atoms with Crippen molar-refractivity contribution in [3.63, 3.8) is 0 Å². The van der Waals surface area contributed by atoms with E-state index in [1.165, 1.54) is 38.6 Å². The fourth-order valence-electron chi connectivity index (χ4n) is 7.26. The Balaban J connectivity index is 3.26. The van der Waals surface area contributed by atoms with Gasteiger partial charge in [0.05, 0.1) is 0 Å². The van der Waals surface area contributed by atoms with Crippen LogP contribution in [0.25, 0.3) is 0 Å². The van der Waals surface area contributed by atoms with Crippen LogP contribution >= 0.6 is 0 Å². The van der Waals surface area contributed by atoms with Crippen molar-refractivity contribution in [2.24, 2.45) is 10.8 Å². The van der Waals surface area contributed by atoms with Gasteiger partial charge in [-0.05, 0) is 0 Å². The molecule has 0 aromatic carbocycles. The zero-order valence-electron chi connectivity index (χ0n) is 25.2. The predicted molar refractivity (Wildman–Crippen MR) is 153 cm³/mol. The van der Waals surface area contributed by atoms with E-state index < -0.39 is 18.9 Å². The van der Waals surface area contributed by atoms with E-state index in [0.717, 1.165) is 0 Å². The Labute approximate surface area is 213 Å². The summed E-state index contributed by atoms with van der Waals surface area (Å²) in [4.78, 5) is 0. The van der Waals surface area contributed by atoms with Gasteiger partial charge >= 0.3 is 214 Å². The molecule has 0 saturated carbocycles. The van der Waals surface area contributed by atoms with Gasteiger partial charge < -0.3 is 0 Å². The van der Waals surface area contributed by atoms with Crippen molar-refractivity contribution >= 4 is 25.6 Å². The molecule has 0 unspecified atom stereocenters. The Morgan fingerprint density at radius 3 is 1.33 bits per heavy atom. The van der Waals surface area contributed by atoms with Crippen LogP contribution in [0.15, 0.2) is 18.2 Å². The van der Waals surface area contributed by atoms with Crippen LogP contribution in [0, 0.1) is 10.8 Å². The van der Waals surface area contributed by atoms with Gasteiger partial charge in [-0.25, -0.2) is 0 Å². The van der Waals surface area contributed by atoms with E-state index in [-0.39, 0.29) is 21.9 Å². The molecule has 0 amide bonds. The Bertz CT molecular complexity index is 754. The molecule has 0 bridgehead atoms. The molecule has 2 nitrogen and oxygen atoms in total. The van der Waals surface area contributed by atoms with E-state index in [1.807, 2.05) is 7.18 Å². The van der Waals surface area contributed by atoms with E-state index in [2.05, 4.69) is 110 Å². The molecule has 0 aromatic heterocycles. The standard InChI is InChI=1S/C18H33B.C11H24N2.Sn/c1-10-15(13-17(4,5)6)16(14-18(7,8)9)19(11-2)12-3;1-10(2,3)12-8-7-9-13-11(4,5)6;/h10-12H2,1-9H3;7-9H2,1-6H3;/q;-2;+2. The maximum absolute atomic E-state index is 3.53. The van der Waals surface area contributed by atoms with Gasteiger partial charge in [0.15, 0.2) is 0 Å². The van der Waals surface area contributed by atoms with Crippen molar-refractivity contribution in [1.29, 1.82) is 0 Å². The summed E-state index contributed by atoms with van der Waals surface area (Å²) in [5.74, 6) is 0. The van der Waals surface area contributed by atoms with Gasteiger partial charge in [0, 0.05) is 0 Å². The van der Waals surface area contributed by atoms with E-state index in [1.54, 1.807) is 11.0 Å². The third-order valence-electron chi connectivity index (χ3n) is 8.01. The molecular formula is C29H57BN2Sn. The van der Waals surface area contributed by atoms with Crippen LogP contribution in [0.5, 0.6) is 0 Å². The van der Waals surface area contributed by atoms with Crippen molar-refractivity contribution in [1.82, 2.24) is 6.24 Å². The van der Waals surface area contributed by atoms with Crippen LogP contribution in [-0.2, 0) is 0 Å². The predicted octanol–water partition coefficient (Wildman–Crippen LogP) is 8.29. The van der Waals surface area contributed by atoms with Crippen molar-refractivity contribution in [2.45, 2.75) is 140 Å². The van der Waals surface area contributed by atoms with Gasteiger partial charge in [-0.3, -0.25) is 0 Å². The summed E-state index contributed by atoms with van der Waals surface area (Å²) in [5.41, 5.74) is 4.25. The van der Waals surface area contributed by atoms with Crippen LogP contribution < -0.4 is 0 Å². The van der Waals surface area contributed by atoms with Crippen molar-refractivity contribution < 1.29 is 0 Å². The summed E-state index contributed by atoms with van der Waals surface area (Å²) in [6.07, 6.45) is 4.95. The molecule has 2 heterocycles. The molecule has 1 saturated heterocycles. The van der Waals surface area contributed by atoms with Crippen LogP contribution in [0.3, 0.4) is 0 Å². The zero-order valence-corrected chi connectivity index (χ0v) is 28.1. The molecule has 2 aliphatic rings. The molecule has 2 aliphatic heterocycles. The van der Waals surface area contributed by atoms with Gasteiger partial charge in [0.25, 0.3) is 0 Å². The molecule has 0 atom stereocenters. The average Bonchev–Trinajstić information content (AvgIpc) is 2.91. The summed E-state index contributed by atoms with van der Waals surface area (Å²) in [6.45, 7) is 40.7. The third kappa shape index (κ3) is 5.08. The molecule has 0 aliphatic carbocycles. The number of hydrogen-bond acceptors (Lipinski definition) is 2. The minimum absolute atomic E-state index is 0.162. The molecule has 2 rings (SSSR count). The molecule has 0 radical (unpaired) electrons. The van der Waals surface area contributed by atoms with Crippen molar-refractivity contribution in [3.05, 3.63) is 18.2 Å². The zero-order chi connectivity index (χ0) is 25.8. The van der Waals surface area contributed by atoms with Crippen molar-refractivity contribution in [3.8, 4) is 0 Å². The molecule has 0 N–H and O–H groups in total. The van der Waals surface area contributed by atoms with Crippen LogP contribution in [0.2, 0.25) is 12.6 Å². The first-order valence-corrected chi connectivity index (χ1v) is 19.3. The summed E-state index contributed by atoms with van der Waals surface area (Å²) in [6, 6.07) is 0. The van der Waals surface area contributed by atoms with Gasteiger partial charge in [0.1, 0.15) is 0 Å². The number of allylic oxidation sites excluding steroid dienone is 4. The van der Waals surface area contributed by atoms with Gasteiger partial charge in [-0.15, -0.1) is 0 Å². The van der Waals surface area contributed by atoms with Gasteiger partial charge in [0.2, 0.25) is 0 Å². The number of hydrogen-bond donors (Lipinski definition) is 0. The Hall–Kier alpha value is 0.264. The van der Waals surface area contributed by atoms with Gasteiger partial charge in [-0.2, -0.15) is 0 Å². The fourth-order valence-corrected chi connectivity index (χ4v) is 30.3. The molecule has 33 heavy (non-hydrogen) atoms. The molecule has 1 fully saturated rings. The first-order chi connectivity index (χ1) is 14.8. The number of rotatable bonds is 4. The van der Waals surface area contributed by atoms with Gasteiger partial charge in [-0.1, -0.05) is 0 Å². The van der Waals surface area contributed by atoms with Crippen molar-refractivity contribution in [2.75, 3.05) is 13.1 Å². The van der Waals surface area contributed by atoms with Crippen LogP contribution in [0.1, 0.15) is 117 Å². The summed E-state index contributed by atoms with van der Waals surface area (Å²) >= 11 is -3.53. The van der Waals surface area contributed by atoms with E-state index in [9.17, 15) is 0 Å². The first-order valence-electron chi connectivity index (χ1n) is 13.9. The Morgan fingerprint density at radius 1 is 0.667 bits per heavy atom. The maximum atomic E-state index is 3.13. The Kier molecular flexibility index (Phi) is 8.60. The second-order valence-corrected chi connectivity index (χ2v) is 24.5. The molecule has 4 heteroatoms.